The molecule has 0 saturated heterocycles. The Bertz CT molecular complexity index is 779. The van der Waals surface area contributed by atoms with Gasteiger partial charge >= 0.3 is 0 Å². The fraction of sp³-hybridized carbons (Fsp3) is 0.125. The Morgan fingerprint density at radius 2 is 2.09 bits per heavy atom. The monoisotopic (exact) mass is 331 g/mol. The number of dihydropyridines is 1. The lowest BCUT2D eigenvalue weighted by Gasteiger charge is -2.20. The number of furan rings is 1. The number of rotatable bonds is 3. The van der Waals surface area contributed by atoms with E-state index in [9.17, 15) is 9.90 Å². The summed E-state index contributed by atoms with van der Waals surface area (Å²) in [5.74, 6) is -0.0902. The summed E-state index contributed by atoms with van der Waals surface area (Å²) in [5, 5.41) is 13.4. The van der Waals surface area contributed by atoms with Crippen molar-refractivity contribution < 1.29 is 14.3 Å². The van der Waals surface area contributed by atoms with Crippen molar-refractivity contribution in [2.24, 2.45) is 10.7 Å². The predicted molar refractivity (Wildman–Crippen MR) is 87.4 cm³/mol. The fourth-order valence-electron chi connectivity index (χ4n) is 2.33. The first-order valence-electron chi connectivity index (χ1n) is 6.90. The van der Waals surface area contributed by atoms with Crippen LogP contribution in [0, 0.1) is 0 Å². The number of hydrogen-bond acceptors (Lipinski definition) is 5. The van der Waals surface area contributed by atoms with Crippen LogP contribution in [0.5, 0.6) is 0 Å². The molecule has 1 amide bonds. The zero-order valence-corrected chi connectivity index (χ0v) is 12.7. The van der Waals surface area contributed by atoms with E-state index in [0.29, 0.717) is 16.5 Å². The van der Waals surface area contributed by atoms with Gasteiger partial charge in [0.15, 0.2) is 0 Å². The second kappa shape index (κ2) is 6.18. The van der Waals surface area contributed by atoms with Crippen LogP contribution >= 0.6 is 11.6 Å². The van der Waals surface area contributed by atoms with Gasteiger partial charge in [0.25, 0.3) is 5.91 Å². The summed E-state index contributed by atoms with van der Waals surface area (Å²) in [5.41, 5.74) is 6.37. The van der Waals surface area contributed by atoms with Crippen molar-refractivity contribution in [2.75, 3.05) is 5.32 Å². The molecule has 1 aromatic heterocycles. The van der Waals surface area contributed by atoms with Crippen LogP contribution in [0.15, 0.2) is 63.4 Å². The average Bonchev–Trinajstić information content (AvgIpc) is 3.03. The molecule has 1 aliphatic rings. The highest BCUT2D eigenvalue weighted by Gasteiger charge is 2.28. The molecule has 7 heteroatoms. The van der Waals surface area contributed by atoms with E-state index in [1.807, 2.05) is 0 Å². The SMILES string of the molecule is NC1=NC(c2ccco2)CC(O)=C1C(=O)Nc1ccc(Cl)cc1. The van der Waals surface area contributed by atoms with Crippen LogP contribution in [-0.2, 0) is 4.79 Å². The van der Waals surface area contributed by atoms with Crippen molar-refractivity contribution in [1.29, 1.82) is 0 Å². The average molecular weight is 332 g/mol. The number of nitrogens with zero attached hydrogens (tertiary/aromatic N) is 1. The summed E-state index contributed by atoms with van der Waals surface area (Å²) < 4.78 is 5.26. The van der Waals surface area contributed by atoms with Crippen LogP contribution in [0.4, 0.5) is 5.69 Å². The summed E-state index contributed by atoms with van der Waals surface area (Å²) in [4.78, 5) is 16.6. The maximum Gasteiger partial charge on any atom is 0.262 e. The van der Waals surface area contributed by atoms with Crippen molar-refractivity contribution >= 4 is 29.0 Å². The molecule has 0 saturated carbocycles. The second-order valence-electron chi connectivity index (χ2n) is 5.03. The second-order valence-corrected chi connectivity index (χ2v) is 5.47. The fourth-order valence-corrected chi connectivity index (χ4v) is 2.46. The van der Waals surface area contributed by atoms with Crippen molar-refractivity contribution in [1.82, 2.24) is 0 Å². The molecule has 3 rings (SSSR count). The number of aliphatic hydroxyl groups is 1. The van der Waals surface area contributed by atoms with Gasteiger partial charge in [0.1, 0.15) is 29.0 Å². The Morgan fingerprint density at radius 3 is 2.70 bits per heavy atom. The third kappa shape index (κ3) is 3.22. The number of amides is 1. The van der Waals surface area contributed by atoms with Gasteiger partial charge in [0.05, 0.1) is 6.26 Å². The van der Waals surface area contributed by atoms with E-state index in [2.05, 4.69) is 10.3 Å². The molecular formula is C16H14ClN3O3. The third-order valence-corrected chi connectivity index (χ3v) is 3.68. The molecule has 1 aliphatic heterocycles. The van der Waals surface area contributed by atoms with Crippen LogP contribution in [0.1, 0.15) is 18.2 Å². The number of nitrogens with one attached hydrogen (secondary N) is 1. The van der Waals surface area contributed by atoms with E-state index >= 15 is 0 Å². The Labute approximate surface area is 137 Å². The minimum Gasteiger partial charge on any atom is -0.511 e. The van der Waals surface area contributed by atoms with Gasteiger partial charge in [-0.2, -0.15) is 0 Å². The Kier molecular flexibility index (Phi) is 4.08. The van der Waals surface area contributed by atoms with E-state index in [-0.39, 0.29) is 23.6 Å². The summed E-state index contributed by atoms with van der Waals surface area (Å²) in [6.07, 6.45) is 1.67. The molecule has 1 aromatic carbocycles. The smallest absolute Gasteiger partial charge is 0.262 e. The van der Waals surface area contributed by atoms with Crippen LogP contribution in [0.2, 0.25) is 5.02 Å². The number of aliphatic hydroxyl groups excluding tert-OH is 1. The number of halogens is 1. The van der Waals surface area contributed by atoms with Gasteiger partial charge in [-0.1, -0.05) is 11.6 Å². The first-order valence-corrected chi connectivity index (χ1v) is 7.28. The van der Waals surface area contributed by atoms with Gasteiger partial charge in [-0.3, -0.25) is 9.79 Å². The first-order chi connectivity index (χ1) is 11.0. The molecular weight excluding hydrogens is 318 g/mol. The maximum absolute atomic E-state index is 12.3. The Balaban J connectivity index is 1.79. The van der Waals surface area contributed by atoms with E-state index in [1.165, 1.54) is 6.26 Å². The van der Waals surface area contributed by atoms with Crippen LogP contribution in [0.25, 0.3) is 0 Å². The summed E-state index contributed by atoms with van der Waals surface area (Å²) in [7, 11) is 0. The van der Waals surface area contributed by atoms with Crippen molar-refractivity contribution in [3.63, 3.8) is 0 Å². The minimum absolute atomic E-state index is 0.0252. The number of benzene rings is 1. The molecule has 6 nitrogen and oxygen atoms in total. The molecule has 0 spiro atoms. The highest BCUT2D eigenvalue weighted by atomic mass is 35.5. The van der Waals surface area contributed by atoms with E-state index in [1.54, 1.807) is 36.4 Å². The normalized spacial score (nSPS) is 17.8. The molecule has 0 radical (unpaired) electrons. The molecule has 23 heavy (non-hydrogen) atoms. The molecule has 4 N–H and O–H groups in total. The lowest BCUT2D eigenvalue weighted by atomic mass is 10.0. The number of amidine groups is 1. The zero-order chi connectivity index (χ0) is 16.4. The molecule has 0 bridgehead atoms. The van der Waals surface area contributed by atoms with Gasteiger partial charge in [-0.15, -0.1) is 0 Å². The largest absolute Gasteiger partial charge is 0.511 e. The number of anilines is 1. The molecule has 1 unspecified atom stereocenters. The Hall–Kier alpha value is -2.73. The van der Waals surface area contributed by atoms with Gasteiger partial charge in [0.2, 0.25) is 0 Å². The first kappa shape index (κ1) is 15.2. The van der Waals surface area contributed by atoms with Gasteiger partial charge in [-0.25, -0.2) is 0 Å². The zero-order valence-electron chi connectivity index (χ0n) is 12.0. The van der Waals surface area contributed by atoms with Crippen molar-refractivity contribution in [2.45, 2.75) is 12.5 Å². The minimum atomic E-state index is -0.524. The van der Waals surface area contributed by atoms with Gasteiger partial charge in [-0.05, 0) is 36.4 Å². The summed E-state index contributed by atoms with van der Waals surface area (Å²) in [6.45, 7) is 0. The number of nitrogens with two attached hydrogens (primary N) is 1. The topological polar surface area (TPSA) is 101 Å². The van der Waals surface area contributed by atoms with E-state index in [4.69, 9.17) is 21.8 Å². The number of aliphatic imine (C=N–C) groups is 1. The van der Waals surface area contributed by atoms with Crippen LogP contribution in [-0.4, -0.2) is 16.8 Å². The van der Waals surface area contributed by atoms with Crippen molar-refractivity contribution in [3.05, 3.63) is 64.8 Å². The molecule has 0 fully saturated rings. The highest BCUT2D eigenvalue weighted by Crippen LogP contribution is 2.30. The standard InChI is InChI=1S/C16H14ClN3O3/c17-9-3-5-10(6-4-9)19-16(22)14-12(21)8-11(20-15(14)18)13-2-1-7-23-13/h1-7,11,21H,8H2,(H2,18,20)(H,19,22). The predicted octanol–water partition coefficient (Wildman–Crippen LogP) is 3.19. The summed E-state index contributed by atoms with van der Waals surface area (Å²) >= 11 is 5.80. The molecule has 2 aromatic rings. The van der Waals surface area contributed by atoms with E-state index < -0.39 is 11.9 Å². The molecule has 0 aliphatic carbocycles. The van der Waals surface area contributed by atoms with Crippen molar-refractivity contribution in [3.8, 4) is 0 Å². The molecule has 2 heterocycles. The number of hydrogen-bond donors (Lipinski definition) is 3. The third-order valence-electron chi connectivity index (χ3n) is 3.43. The molecule has 1 atom stereocenters. The van der Waals surface area contributed by atoms with Gasteiger partial charge in [0, 0.05) is 17.1 Å². The maximum atomic E-state index is 12.3. The van der Waals surface area contributed by atoms with Crippen LogP contribution in [0.3, 0.4) is 0 Å². The number of carbonyl (C=O) groups excluding carboxylic acids is 1. The van der Waals surface area contributed by atoms with E-state index in [0.717, 1.165) is 0 Å². The van der Waals surface area contributed by atoms with Crippen LogP contribution < -0.4 is 11.1 Å². The number of carbonyl (C=O) groups is 1. The van der Waals surface area contributed by atoms with Gasteiger partial charge < -0.3 is 20.6 Å². The Morgan fingerprint density at radius 1 is 1.35 bits per heavy atom. The quantitative estimate of drug-likeness (QED) is 0.804. The lowest BCUT2D eigenvalue weighted by molar-refractivity contribution is -0.112. The highest BCUT2D eigenvalue weighted by molar-refractivity contribution is 6.30. The summed E-state index contributed by atoms with van der Waals surface area (Å²) in [6, 6.07) is 9.64. The molecule has 118 valence electrons. The lowest BCUT2D eigenvalue weighted by Crippen LogP contribution is -2.31.